The molecule has 2 amide bonds. The highest BCUT2D eigenvalue weighted by atomic mass is 16.6. The molecular weight excluding hydrogens is 370 g/mol. The minimum absolute atomic E-state index is 0.0136. The normalized spacial score (nSPS) is 24.7. The first-order valence-corrected chi connectivity index (χ1v) is 10.1. The molecule has 2 rings (SSSR count). The predicted octanol–water partition coefficient (Wildman–Crippen LogP) is 3.52. The molecule has 0 unspecified atom stereocenters. The topological polar surface area (TPSA) is 80.2 Å². The second-order valence-electron chi connectivity index (χ2n) is 9.55. The average molecular weight is 406 g/mol. The molecule has 1 saturated heterocycles. The van der Waals surface area contributed by atoms with Gasteiger partial charge in [0.2, 0.25) is 11.8 Å². The predicted molar refractivity (Wildman–Crippen MR) is 114 cm³/mol. The number of carbonyl (C=O) groups excluding carboxylic acids is 2. The lowest BCUT2D eigenvalue weighted by molar-refractivity contribution is -0.125. The SMILES string of the molecule is C=N/C(OCC(C)(C)NC(=O)[C@H]1[C@@H]2CN(C(=O)OC(C)(C)C)C[C@@H]21)=C(C)\C=C/C. The van der Waals surface area contributed by atoms with Crippen molar-refractivity contribution in [3.63, 3.8) is 0 Å². The van der Waals surface area contributed by atoms with Gasteiger partial charge >= 0.3 is 6.09 Å². The minimum Gasteiger partial charge on any atom is -0.475 e. The van der Waals surface area contributed by atoms with E-state index in [1.54, 1.807) is 4.90 Å². The second-order valence-corrected chi connectivity index (χ2v) is 9.55. The Kier molecular flexibility index (Phi) is 6.81. The van der Waals surface area contributed by atoms with E-state index in [1.165, 1.54) is 0 Å². The number of likely N-dealkylation sites (tertiary alicyclic amines) is 1. The number of amides is 2. The monoisotopic (exact) mass is 405 g/mol. The van der Waals surface area contributed by atoms with Gasteiger partial charge < -0.3 is 19.7 Å². The molecule has 0 radical (unpaired) electrons. The summed E-state index contributed by atoms with van der Waals surface area (Å²) in [5.41, 5.74) is -0.183. The lowest BCUT2D eigenvalue weighted by Gasteiger charge is -2.28. The average Bonchev–Trinajstić information content (AvgIpc) is 3.08. The number of fused-ring (bicyclic) bond motifs is 1. The summed E-state index contributed by atoms with van der Waals surface area (Å²) in [5, 5.41) is 3.08. The Morgan fingerprint density at radius 3 is 2.28 bits per heavy atom. The summed E-state index contributed by atoms with van der Waals surface area (Å²) in [6, 6.07) is 0. The van der Waals surface area contributed by atoms with Gasteiger partial charge in [0.1, 0.15) is 12.2 Å². The second kappa shape index (κ2) is 8.59. The van der Waals surface area contributed by atoms with Crippen molar-refractivity contribution < 1.29 is 19.1 Å². The quantitative estimate of drug-likeness (QED) is 0.399. The number of piperidine rings is 1. The Morgan fingerprint density at radius 1 is 1.21 bits per heavy atom. The van der Waals surface area contributed by atoms with E-state index in [4.69, 9.17) is 9.47 Å². The van der Waals surface area contributed by atoms with E-state index >= 15 is 0 Å². The maximum absolute atomic E-state index is 12.7. The van der Waals surface area contributed by atoms with Crippen LogP contribution in [0.25, 0.3) is 0 Å². The summed E-state index contributed by atoms with van der Waals surface area (Å²) in [7, 11) is 0. The van der Waals surface area contributed by atoms with Crippen LogP contribution in [-0.2, 0) is 14.3 Å². The van der Waals surface area contributed by atoms with Gasteiger partial charge in [0.25, 0.3) is 0 Å². The molecule has 7 nitrogen and oxygen atoms in total. The Bertz CT molecular complexity index is 706. The van der Waals surface area contributed by atoms with Crippen LogP contribution in [0.1, 0.15) is 48.5 Å². The summed E-state index contributed by atoms with van der Waals surface area (Å²) in [6.07, 6.45) is 3.51. The third kappa shape index (κ3) is 6.08. The smallest absolute Gasteiger partial charge is 0.410 e. The van der Waals surface area contributed by atoms with E-state index in [-0.39, 0.29) is 36.4 Å². The van der Waals surface area contributed by atoms with Crippen molar-refractivity contribution in [2.45, 2.75) is 59.6 Å². The molecule has 1 aliphatic heterocycles. The van der Waals surface area contributed by atoms with Crippen LogP contribution in [0.15, 0.2) is 28.6 Å². The van der Waals surface area contributed by atoms with Crippen molar-refractivity contribution in [3.05, 3.63) is 23.6 Å². The molecule has 0 aromatic heterocycles. The molecule has 0 aromatic carbocycles. The van der Waals surface area contributed by atoms with Gasteiger partial charge in [0.15, 0.2) is 0 Å². The van der Waals surface area contributed by atoms with Gasteiger partial charge in [0, 0.05) is 24.6 Å². The highest BCUT2D eigenvalue weighted by molar-refractivity contribution is 5.84. The third-order valence-corrected chi connectivity index (χ3v) is 5.08. The van der Waals surface area contributed by atoms with Crippen LogP contribution < -0.4 is 5.32 Å². The fourth-order valence-electron chi connectivity index (χ4n) is 3.70. The molecule has 162 valence electrons. The molecule has 0 spiro atoms. The molecule has 0 aromatic rings. The number of hydrogen-bond donors (Lipinski definition) is 1. The lowest BCUT2D eigenvalue weighted by Crippen LogP contribution is -2.48. The van der Waals surface area contributed by atoms with Crippen molar-refractivity contribution in [1.82, 2.24) is 10.2 Å². The standard InChI is InChI=1S/C22H35N3O4/c1-9-10-14(2)19(23-8)28-13-22(6,7)24-18(26)17-15-11-25(12-16(15)17)20(27)29-21(3,4)5/h9-10,15-17H,8,11-13H2,1-7H3,(H,24,26)/b10-9-,19-14+/t15-,16+,17+. The van der Waals surface area contributed by atoms with Crippen LogP contribution in [0, 0.1) is 17.8 Å². The maximum atomic E-state index is 12.7. The Labute approximate surface area is 174 Å². The first-order valence-electron chi connectivity index (χ1n) is 10.1. The fourth-order valence-corrected chi connectivity index (χ4v) is 3.70. The molecule has 2 aliphatic rings. The summed E-state index contributed by atoms with van der Waals surface area (Å²) in [4.78, 5) is 30.5. The van der Waals surface area contributed by atoms with E-state index in [0.29, 0.717) is 19.0 Å². The van der Waals surface area contributed by atoms with Crippen LogP contribution in [0.3, 0.4) is 0 Å². The molecule has 1 heterocycles. The van der Waals surface area contributed by atoms with Crippen molar-refractivity contribution in [2.24, 2.45) is 22.7 Å². The van der Waals surface area contributed by atoms with Gasteiger partial charge in [-0.05, 0) is 67.0 Å². The minimum atomic E-state index is -0.551. The summed E-state index contributed by atoms with van der Waals surface area (Å²) >= 11 is 0. The Balaban J connectivity index is 1.84. The lowest BCUT2D eigenvalue weighted by atomic mass is 10.1. The zero-order valence-corrected chi connectivity index (χ0v) is 18.7. The van der Waals surface area contributed by atoms with Gasteiger partial charge in [-0.1, -0.05) is 12.2 Å². The van der Waals surface area contributed by atoms with E-state index in [9.17, 15) is 9.59 Å². The van der Waals surface area contributed by atoms with Crippen LogP contribution in [0.2, 0.25) is 0 Å². The zero-order chi connectivity index (χ0) is 22.0. The molecule has 2 fully saturated rings. The van der Waals surface area contributed by atoms with Crippen molar-refractivity contribution in [3.8, 4) is 0 Å². The number of aliphatic imine (C=N–C) groups is 1. The third-order valence-electron chi connectivity index (χ3n) is 5.08. The molecule has 7 heteroatoms. The van der Waals surface area contributed by atoms with E-state index in [1.807, 2.05) is 60.6 Å². The Hall–Kier alpha value is -2.31. The van der Waals surface area contributed by atoms with Crippen LogP contribution in [-0.4, -0.2) is 54.5 Å². The van der Waals surface area contributed by atoms with E-state index < -0.39 is 11.1 Å². The molecule has 3 atom stereocenters. The van der Waals surface area contributed by atoms with Crippen LogP contribution >= 0.6 is 0 Å². The zero-order valence-electron chi connectivity index (χ0n) is 18.7. The van der Waals surface area contributed by atoms with Gasteiger partial charge in [-0.15, -0.1) is 0 Å². The largest absolute Gasteiger partial charge is 0.475 e. The number of nitrogens with zero attached hydrogens (tertiary/aromatic N) is 2. The van der Waals surface area contributed by atoms with Gasteiger partial charge in [-0.3, -0.25) is 4.79 Å². The number of nitrogens with one attached hydrogen (secondary N) is 1. The van der Waals surface area contributed by atoms with E-state index in [0.717, 1.165) is 5.57 Å². The fraction of sp³-hybridized carbons (Fsp3) is 0.682. The Morgan fingerprint density at radius 2 is 1.79 bits per heavy atom. The molecule has 29 heavy (non-hydrogen) atoms. The van der Waals surface area contributed by atoms with Crippen molar-refractivity contribution in [2.75, 3.05) is 19.7 Å². The number of carbonyl (C=O) groups is 2. The molecule has 1 aliphatic carbocycles. The maximum Gasteiger partial charge on any atom is 0.410 e. The number of hydrogen-bond acceptors (Lipinski definition) is 5. The van der Waals surface area contributed by atoms with E-state index in [2.05, 4.69) is 17.0 Å². The first kappa shape index (κ1) is 23.0. The molecule has 0 bridgehead atoms. The van der Waals surface area contributed by atoms with Crippen LogP contribution in [0.4, 0.5) is 4.79 Å². The number of ether oxygens (including phenoxy) is 2. The first-order chi connectivity index (χ1) is 13.4. The molecule has 1 N–H and O–H groups in total. The van der Waals surface area contributed by atoms with Crippen molar-refractivity contribution >= 4 is 18.7 Å². The number of rotatable bonds is 7. The molecule has 1 saturated carbocycles. The van der Waals surface area contributed by atoms with Gasteiger partial charge in [0.05, 0.1) is 5.54 Å². The van der Waals surface area contributed by atoms with Crippen LogP contribution in [0.5, 0.6) is 0 Å². The molecular formula is C22H35N3O4. The summed E-state index contributed by atoms with van der Waals surface area (Å²) < 4.78 is 11.2. The number of allylic oxidation sites excluding steroid dienone is 3. The van der Waals surface area contributed by atoms with Gasteiger partial charge in [-0.25, -0.2) is 9.79 Å². The van der Waals surface area contributed by atoms with Crippen molar-refractivity contribution in [1.29, 1.82) is 0 Å². The van der Waals surface area contributed by atoms with Gasteiger partial charge in [-0.2, -0.15) is 0 Å². The summed E-state index contributed by atoms with van der Waals surface area (Å²) in [5.74, 6) is 0.842. The highest BCUT2D eigenvalue weighted by Crippen LogP contribution is 2.52. The summed E-state index contributed by atoms with van der Waals surface area (Å²) in [6.45, 7) is 18.2. The highest BCUT2D eigenvalue weighted by Gasteiger charge is 2.61.